The number of hydrogen-bond acceptors (Lipinski definition) is 0. The number of benzene rings is 1. The third-order valence-corrected chi connectivity index (χ3v) is 4.76. The molecule has 0 amide bonds. The number of fused-ring (bicyclic) bond motifs is 3. The molecule has 0 heteroatoms. The molecule has 0 fully saturated rings. The van der Waals surface area contributed by atoms with Crippen molar-refractivity contribution in [1.29, 1.82) is 0 Å². The van der Waals surface area contributed by atoms with Crippen molar-refractivity contribution in [3.63, 3.8) is 0 Å². The van der Waals surface area contributed by atoms with Crippen molar-refractivity contribution in [3.8, 4) is 0 Å². The van der Waals surface area contributed by atoms with Gasteiger partial charge >= 0.3 is 0 Å². The smallest absolute Gasteiger partial charge is 0.0128 e. The molecule has 2 aliphatic rings. The van der Waals surface area contributed by atoms with Gasteiger partial charge in [0.25, 0.3) is 0 Å². The summed E-state index contributed by atoms with van der Waals surface area (Å²) in [6.45, 7) is 4.80. The van der Waals surface area contributed by atoms with Gasteiger partial charge in [-0.15, -0.1) is 0 Å². The Morgan fingerprint density at radius 2 is 1.88 bits per heavy atom. The SMILES string of the molecule is CC1=C2c3ccccc3CCCC(C)C2CC1. The van der Waals surface area contributed by atoms with Gasteiger partial charge < -0.3 is 0 Å². The minimum absolute atomic E-state index is 0.830. The van der Waals surface area contributed by atoms with E-state index < -0.39 is 0 Å². The highest BCUT2D eigenvalue weighted by Gasteiger charge is 2.30. The van der Waals surface area contributed by atoms with Crippen molar-refractivity contribution >= 4 is 5.57 Å². The van der Waals surface area contributed by atoms with Crippen LogP contribution in [0, 0.1) is 11.8 Å². The van der Waals surface area contributed by atoms with Gasteiger partial charge in [-0.05, 0) is 67.6 Å². The quantitative estimate of drug-likeness (QED) is 0.593. The summed E-state index contributed by atoms with van der Waals surface area (Å²) in [6.07, 6.45) is 6.73. The highest BCUT2D eigenvalue weighted by Crippen LogP contribution is 2.46. The summed E-state index contributed by atoms with van der Waals surface area (Å²) < 4.78 is 0. The maximum atomic E-state index is 2.46. The van der Waals surface area contributed by atoms with E-state index in [1.165, 1.54) is 32.1 Å². The fraction of sp³-hybridized carbons (Fsp3) is 0.529. The highest BCUT2D eigenvalue weighted by molar-refractivity contribution is 5.74. The average molecular weight is 226 g/mol. The van der Waals surface area contributed by atoms with Crippen LogP contribution in [-0.2, 0) is 6.42 Å². The van der Waals surface area contributed by atoms with Gasteiger partial charge in [0, 0.05) is 0 Å². The van der Waals surface area contributed by atoms with Crippen LogP contribution in [0.15, 0.2) is 29.8 Å². The molecule has 0 N–H and O–H groups in total. The largest absolute Gasteiger partial charge is 0.0692 e. The fourth-order valence-corrected chi connectivity index (χ4v) is 3.78. The molecule has 90 valence electrons. The van der Waals surface area contributed by atoms with Crippen molar-refractivity contribution in [1.82, 2.24) is 0 Å². The summed E-state index contributed by atoms with van der Waals surface area (Å²) in [6, 6.07) is 9.09. The molecule has 0 bridgehead atoms. The normalized spacial score (nSPS) is 28.4. The first-order valence-electron chi connectivity index (χ1n) is 7.05. The zero-order valence-corrected chi connectivity index (χ0v) is 11.0. The first-order valence-corrected chi connectivity index (χ1v) is 7.05. The maximum absolute atomic E-state index is 2.46. The molecule has 0 heterocycles. The molecular formula is C17H22. The number of hydrogen-bond donors (Lipinski definition) is 0. The summed E-state index contributed by atoms with van der Waals surface area (Å²) >= 11 is 0. The molecule has 0 saturated carbocycles. The van der Waals surface area contributed by atoms with Gasteiger partial charge in [0.15, 0.2) is 0 Å². The molecule has 0 radical (unpaired) electrons. The van der Waals surface area contributed by atoms with Gasteiger partial charge in [-0.3, -0.25) is 0 Å². The lowest BCUT2D eigenvalue weighted by molar-refractivity contribution is 0.391. The molecule has 1 aromatic rings. The summed E-state index contributed by atoms with van der Waals surface area (Å²) in [5, 5.41) is 0. The molecule has 0 aliphatic heterocycles. The first-order chi connectivity index (χ1) is 8.27. The second-order valence-corrected chi connectivity index (χ2v) is 5.87. The van der Waals surface area contributed by atoms with E-state index in [2.05, 4.69) is 38.1 Å². The number of allylic oxidation sites excluding steroid dienone is 2. The second kappa shape index (κ2) is 4.33. The van der Waals surface area contributed by atoms with Gasteiger partial charge in [0.1, 0.15) is 0 Å². The zero-order chi connectivity index (χ0) is 11.8. The molecular weight excluding hydrogens is 204 g/mol. The van der Waals surface area contributed by atoms with Crippen LogP contribution in [0.1, 0.15) is 50.7 Å². The molecule has 0 saturated heterocycles. The van der Waals surface area contributed by atoms with E-state index in [0.29, 0.717) is 0 Å². The van der Waals surface area contributed by atoms with Crippen molar-refractivity contribution in [3.05, 3.63) is 41.0 Å². The van der Waals surface area contributed by atoms with Crippen molar-refractivity contribution in [2.75, 3.05) is 0 Å². The Morgan fingerprint density at radius 3 is 2.76 bits per heavy atom. The van der Waals surface area contributed by atoms with Crippen LogP contribution < -0.4 is 0 Å². The molecule has 2 unspecified atom stereocenters. The van der Waals surface area contributed by atoms with E-state index in [-0.39, 0.29) is 0 Å². The van der Waals surface area contributed by atoms with Crippen LogP contribution in [0.5, 0.6) is 0 Å². The standard InChI is InChI=1S/C17H22/c1-12-6-5-8-14-7-3-4-9-16(14)17-13(2)10-11-15(12)17/h3-4,7,9,12,15H,5-6,8,10-11H2,1-2H3. The molecule has 2 aliphatic carbocycles. The molecule has 17 heavy (non-hydrogen) atoms. The summed E-state index contributed by atoms with van der Waals surface area (Å²) in [7, 11) is 0. The van der Waals surface area contributed by atoms with Gasteiger partial charge in [0.2, 0.25) is 0 Å². The Bertz CT molecular complexity index is 453. The Morgan fingerprint density at radius 1 is 1.06 bits per heavy atom. The minimum Gasteiger partial charge on any atom is -0.0692 e. The summed E-state index contributed by atoms with van der Waals surface area (Å²) in [5.41, 5.74) is 6.50. The molecule has 3 rings (SSSR count). The Balaban J connectivity index is 2.14. The Labute approximate surface area is 105 Å². The van der Waals surface area contributed by atoms with E-state index in [4.69, 9.17) is 0 Å². The minimum atomic E-state index is 0.830. The lowest BCUT2D eigenvalue weighted by atomic mass is 9.77. The predicted molar refractivity (Wildman–Crippen MR) is 73.9 cm³/mol. The van der Waals surface area contributed by atoms with Crippen LogP contribution in [0.4, 0.5) is 0 Å². The van der Waals surface area contributed by atoms with E-state index in [1.807, 2.05) is 0 Å². The monoisotopic (exact) mass is 226 g/mol. The third kappa shape index (κ3) is 1.84. The van der Waals surface area contributed by atoms with Crippen LogP contribution >= 0.6 is 0 Å². The first kappa shape index (κ1) is 11.1. The van der Waals surface area contributed by atoms with E-state index >= 15 is 0 Å². The molecule has 0 spiro atoms. The maximum Gasteiger partial charge on any atom is -0.0128 e. The van der Waals surface area contributed by atoms with Crippen LogP contribution in [0.2, 0.25) is 0 Å². The van der Waals surface area contributed by atoms with E-state index in [0.717, 1.165) is 11.8 Å². The van der Waals surface area contributed by atoms with Gasteiger partial charge in [0.05, 0.1) is 0 Å². The Hall–Kier alpha value is -1.04. The Kier molecular flexibility index (Phi) is 2.82. The molecule has 2 atom stereocenters. The van der Waals surface area contributed by atoms with Crippen LogP contribution in [0.3, 0.4) is 0 Å². The van der Waals surface area contributed by atoms with Gasteiger partial charge in [-0.1, -0.05) is 36.8 Å². The van der Waals surface area contributed by atoms with Crippen LogP contribution in [0.25, 0.3) is 5.57 Å². The molecule has 0 nitrogen and oxygen atoms in total. The number of aryl methyl sites for hydroxylation is 1. The lowest BCUT2D eigenvalue weighted by Gasteiger charge is -2.27. The third-order valence-electron chi connectivity index (χ3n) is 4.76. The van der Waals surface area contributed by atoms with Crippen LogP contribution in [-0.4, -0.2) is 0 Å². The van der Waals surface area contributed by atoms with Crippen molar-refractivity contribution < 1.29 is 0 Å². The van der Waals surface area contributed by atoms with E-state index in [9.17, 15) is 0 Å². The summed E-state index contributed by atoms with van der Waals surface area (Å²) in [5.74, 6) is 1.70. The zero-order valence-electron chi connectivity index (χ0n) is 11.0. The van der Waals surface area contributed by atoms with Gasteiger partial charge in [-0.2, -0.15) is 0 Å². The van der Waals surface area contributed by atoms with Gasteiger partial charge in [-0.25, -0.2) is 0 Å². The lowest BCUT2D eigenvalue weighted by Crippen LogP contribution is -2.15. The molecule has 0 aromatic heterocycles. The second-order valence-electron chi connectivity index (χ2n) is 5.87. The summed E-state index contributed by atoms with van der Waals surface area (Å²) in [4.78, 5) is 0. The van der Waals surface area contributed by atoms with Crippen molar-refractivity contribution in [2.45, 2.75) is 46.0 Å². The van der Waals surface area contributed by atoms with Crippen molar-refractivity contribution in [2.24, 2.45) is 11.8 Å². The fourth-order valence-electron chi connectivity index (χ4n) is 3.78. The average Bonchev–Trinajstić information content (AvgIpc) is 2.69. The highest BCUT2D eigenvalue weighted by atomic mass is 14.4. The number of rotatable bonds is 0. The molecule has 1 aromatic carbocycles. The topological polar surface area (TPSA) is 0 Å². The predicted octanol–water partition coefficient (Wildman–Crippen LogP) is 4.84. The van der Waals surface area contributed by atoms with E-state index in [1.54, 1.807) is 22.3 Å².